The highest BCUT2D eigenvalue weighted by Gasteiger charge is 2.56. The Kier molecular flexibility index (Phi) is 14.9. The monoisotopic (exact) mass is 673 g/mol. The summed E-state index contributed by atoms with van der Waals surface area (Å²) in [6.07, 6.45) is -1.33. The second kappa shape index (κ2) is 17.1. The fourth-order valence-electron chi connectivity index (χ4n) is 3.82. The van der Waals surface area contributed by atoms with E-state index in [9.17, 15) is 32.3 Å². The normalized spacial score (nSPS) is 14.3. The molecule has 0 saturated carbocycles. The van der Waals surface area contributed by atoms with Crippen LogP contribution in [-0.2, 0) is 15.9 Å². The molecule has 1 aromatic heterocycles. The molecule has 8 N–H and O–H groups in total. The summed E-state index contributed by atoms with van der Waals surface area (Å²) in [7, 11) is 2.75. The van der Waals surface area contributed by atoms with Crippen LogP contribution in [0.25, 0.3) is 5.57 Å². The smallest absolute Gasteiger partial charge is 0.424 e. The number of amides is 2. The minimum absolute atomic E-state index is 0.00786. The Labute approximate surface area is 270 Å². The number of halogens is 5. The zero-order chi connectivity index (χ0) is 35.5. The van der Waals surface area contributed by atoms with Gasteiger partial charge in [0.1, 0.15) is 5.83 Å². The van der Waals surface area contributed by atoms with Crippen molar-refractivity contribution in [3.63, 3.8) is 0 Å². The Balaban J connectivity index is 0.00000254. The largest absolute Gasteiger partial charge is 0.493 e. The van der Waals surface area contributed by atoms with Gasteiger partial charge in [-0.2, -0.15) is 13.2 Å². The van der Waals surface area contributed by atoms with Crippen molar-refractivity contribution in [2.45, 2.75) is 51.4 Å². The van der Waals surface area contributed by atoms with Crippen molar-refractivity contribution in [3.05, 3.63) is 81.9 Å². The zero-order valence-corrected chi connectivity index (χ0v) is 27.1. The molecule has 254 valence electrons. The Morgan fingerprint density at radius 2 is 1.72 bits per heavy atom. The summed E-state index contributed by atoms with van der Waals surface area (Å²) in [4.78, 5) is 27.9. The molecule has 0 spiro atoms. The van der Waals surface area contributed by atoms with E-state index in [1.165, 1.54) is 56.7 Å². The van der Waals surface area contributed by atoms with Gasteiger partial charge in [-0.25, -0.2) is 9.37 Å². The van der Waals surface area contributed by atoms with Crippen LogP contribution in [0.4, 0.5) is 17.6 Å². The molecule has 46 heavy (non-hydrogen) atoms. The van der Waals surface area contributed by atoms with E-state index in [0.717, 1.165) is 6.07 Å². The topological polar surface area (TPSA) is 176 Å². The molecule has 10 nitrogen and oxygen atoms in total. The number of alkyl halides is 3. The maximum atomic E-state index is 14.5. The number of methoxy groups -OCH3 is 1. The van der Waals surface area contributed by atoms with Gasteiger partial charge in [0.25, 0.3) is 11.8 Å². The minimum atomic E-state index is -5.31. The Hall–Kier alpha value is -3.98. The SMILES string of the molecule is CC.CN.COc1cc(C(=O)NCC(O)(c2cc(C(C)(C)N)cc(C3=CCC=C(F)C(Cl)=C3)n2)C(F)(F)F)ccc1OCC(N)=O. The second-order valence-electron chi connectivity index (χ2n) is 9.95. The van der Waals surface area contributed by atoms with E-state index < -0.39 is 53.8 Å². The fraction of sp³-hybridized carbons (Fsp3) is 0.387. The van der Waals surface area contributed by atoms with Crippen molar-refractivity contribution >= 4 is 29.0 Å². The number of benzene rings is 1. The number of carbonyl (C=O) groups is 2. The Morgan fingerprint density at radius 1 is 1.09 bits per heavy atom. The second-order valence-corrected chi connectivity index (χ2v) is 10.4. The van der Waals surface area contributed by atoms with E-state index in [2.05, 4.69) is 16.0 Å². The van der Waals surface area contributed by atoms with Crippen molar-refractivity contribution in [1.82, 2.24) is 10.3 Å². The lowest BCUT2D eigenvalue weighted by Gasteiger charge is -2.32. The lowest BCUT2D eigenvalue weighted by Crippen LogP contribution is -2.51. The van der Waals surface area contributed by atoms with E-state index in [1.54, 1.807) is 13.8 Å². The highest BCUT2D eigenvalue weighted by molar-refractivity contribution is 6.32. The van der Waals surface area contributed by atoms with Crippen LogP contribution in [0.2, 0.25) is 0 Å². The first-order valence-electron chi connectivity index (χ1n) is 14.0. The molecule has 0 saturated heterocycles. The van der Waals surface area contributed by atoms with Crippen molar-refractivity contribution in [2.75, 3.05) is 27.3 Å². The molecule has 1 aliphatic carbocycles. The van der Waals surface area contributed by atoms with E-state index >= 15 is 0 Å². The van der Waals surface area contributed by atoms with Gasteiger partial charge >= 0.3 is 6.18 Å². The third-order valence-electron chi connectivity index (χ3n) is 6.20. The van der Waals surface area contributed by atoms with E-state index in [0.29, 0.717) is 0 Å². The predicted octanol–water partition coefficient (Wildman–Crippen LogP) is 4.69. The van der Waals surface area contributed by atoms with Crippen LogP contribution in [0.5, 0.6) is 11.5 Å². The number of primary amides is 1. The third kappa shape index (κ3) is 10.3. The van der Waals surface area contributed by atoms with Crippen LogP contribution in [0, 0.1) is 0 Å². The highest BCUT2D eigenvalue weighted by Crippen LogP contribution is 2.40. The molecule has 0 radical (unpaired) electrons. The average Bonchev–Trinajstić information content (AvgIpc) is 3.19. The van der Waals surface area contributed by atoms with Crippen LogP contribution in [0.15, 0.2) is 59.4 Å². The van der Waals surface area contributed by atoms with Crippen LogP contribution in [-0.4, -0.2) is 55.4 Å². The van der Waals surface area contributed by atoms with Gasteiger partial charge in [0.2, 0.25) is 5.60 Å². The molecular formula is C31H40ClF4N5O5. The number of pyridine rings is 1. The molecule has 1 aromatic carbocycles. The summed E-state index contributed by atoms with van der Waals surface area (Å²) in [6, 6.07) is 6.08. The number of rotatable bonds is 10. The number of hydrogen-bond donors (Lipinski definition) is 5. The van der Waals surface area contributed by atoms with Crippen LogP contribution in [0.1, 0.15) is 61.4 Å². The molecule has 2 aromatic rings. The van der Waals surface area contributed by atoms with Crippen molar-refractivity contribution < 1.29 is 41.7 Å². The van der Waals surface area contributed by atoms with Crippen LogP contribution >= 0.6 is 11.6 Å². The number of aliphatic hydroxyl groups is 1. The third-order valence-corrected chi connectivity index (χ3v) is 6.49. The van der Waals surface area contributed by atoms with Gasteiger partial charge in [-0.15, -0.1) is 0 Å². The first-order chi connectivity index (χ1) is 21.5. The zero-order valence-electron chi connectivity index (χ0n) is 26.4. The maximum absolute atomic E-state index is 14.5. The molecule has 15 heteroatoms. The molecular weight excluding hydrogens is 634 g/mol. The summed E-state index contributed by atoms with van der Waals surface area (Å²) in [5.41, 5.74) is 10.2. The number of ether oxygens (including phenoxy) is 2. The number of carbonyl (C=O) groups excluding carboxylic acids is 2. The first kappa shape index (κ1) is 40.0. The van der Waals surface area contributed by atoms with Crippen molar-refractivity contribution in [2.24, 2.45) is 17.2 Å². The molecule has 0 aliphatic heterocycles. The fourth-order valence-corrected chi connectivity index (χ4v) is 4.01. The number of allylic oxidation sites excluding steroid dienone is 6. The molecule has 1 aliphatic rings. The Morgan fingerprint density at radius 3 is 2.26 bits per heavy atom. The molecule has 1 atom stereocenters. The lowest BCUT2D eigenvalue weighted by molar-refractivity contribution is -0.265. The van der Waals surface area contributed by atoms with Gasteiger partial charge < -0.3 is 37.1 Å². The number of nitrogens with zero attached hydrogens (tertiary/aromatic N) is 1. The Bertz CT molecular complexity index is 1470. The predicted molar refractivity (Wildman–Crippen MR) is 169 cm³/mol. The summed E-state index contributed by atoms with van der Waals surface area (Å²) in [6.45, 7) is 5.28. The summed E-state index contributed by atoms with van der Waals surface area (Å²) >= 11 is 5.96. The molecule has 3 rings (SSSR count). The standard InChI is InChI=1S/C28H29ClF4N4O5.C2H6.CH5N/c1-26(2,35)17-11-20(15-5-4-6-19(30)18(29)9-15)37-23(12-17)27(40,28(31,32)33)14-36-25(39)16-7-8-21(22(10-16)41-3)42-13-24(34)38;2*1-2/h5-12,40H,4,13-14,35H2,1-3H3,(H2,34,38)(H,36,39);1-2H3;2H2,1H3. The number of aromatic nitrogens is 1. The summed E-state index contributed by atoms with van der Waals surface area (Å²) in [5.74, 6) is -2.39. The number of nitrogens with one attached hydrogen (secondary N) is 1. The van der Waals surface area contributed by atoms with Gasteiger partial charge in [-0.3, -0.25) is 9.59 Å². The van der Waals surface area contributed by atoms with Gasteiger partial charge in [0, 0.05) is 11.1 Å². The van der Waals surface area contributed by atoms with Gasteiger partial charge in [0.05, 0.1) is 30.1 Å². The quantitative estimate of drug-likeness (QED) is 0.226. The highest BCUT2D eigenvalue weighted by atomic mass is 35.5. The van der Waals surface area contributed by atoms with Gasteiger partial charge in [-0.1, -0.05) is 31.5 Å². The minimum Gasteiger partial charge on any atom is -0.493 e. The van der Waals surface area contributed by atoms with Crippen LogP contribution < -0.4 is 32.0 Å². The lowest BCUT2D eigenvalue weighted by atomic mass is 9.89. The molecule has 1 heterocycles. The van der Waals surface area contributed by atoms with Crippen LogP contribution in [0.3, 0.4) is 0 Å². The molecule has 1 unspecified atom stereocenters. The van der Waals surface area contributed by atoms with Crippen molar-refractivity contribution in [3.8, 4) is 11.5 Å². The molecule has 0 fully saturated rings. The van der Waals surface area contributed by atoms with Gasteiger partial charge in [0.15, 0.2) is 18.1 Å². The van der Waals surface area contributed by atoms with E-state index in [4.69, 9.17) is 32.5 Å². The van der Waals surface area contributed by atoms with Gasteiger partial charge in [-0.05, 0) is 80.9 Å². The number of hydrogen-bond acceptors (Lipinski definition) is 8. The summed E-state index contributed by atoms with van der Waals surface area (Å²) < 4.78 is 67.8. The first-order valence-corrected chi connectivity index (χ1v) is 14.3. The van der Waals surface area contributed by atoms with E-state index in [1.807, 2.05) is 13.8 Å². The maximum Gasteiger partial charge on any atom is 0.424 e. The molecule has 2 amide bonds. The average molecular weight is 674 g/mol. The summed E-state index contributed by atoms with van der Waals surface area (Å²) in [5, 5.41) is 12.9. The van der Waals surface area contributed by atoms with E-state index in [-0.39, 0.29) is 45.3 Å². The number of nitrogens with two attached hydrogens (primary N) is 3. The molecule has 0 bridgehead atoms. The van der Waals surface area contributed by atoms with Crippen molar-refractivity contribution in [1.29, 1.82) is 0 Å².